The molecule has 2 aromatic heterocycles. The molecule has 25 heavy (non-hydrogen) atoms. The number of pyridine rings is 2. The summed E-state index contributed by atoms with van der Waals surface area (Å²) < 4.78 is 0. The first kappa shape index (κ1) is 16.6. The van der Waals surface area contributed by atoms with Crippen LogP contribution < -0.4 is 10.6 Å². The molecule has 0 aliphatic rings. The van der Waals surface area contributed by atoms with Crippen molar-refractivity contribution in [1.29, 1.82) is 0 Å². The number of anilines is 3. The third-order valence-corrected chi connectivity index (χ3v) is 3.94. The number of nitrogens with zero attached hydrogens (tertiary/aromatic N) is 2. The number of aryl methyl sites for hydroxylation is 2. The van der Waals surface area contributed by atoms with E-state index in [0.717, 1.165) is 17.9 Å². The van der Waals surface area contributed by atoms with E-state index < -0.39 is 0 Å². The van der Waals surface area contributed by atoms with Crippen LogP contribution in [0.1, 0.15) is 28.4 Å². The molecule has 0 saturated heterocycles. The van der Waals surface area contributed by atoms with Gasteiger partial charge in [-0.15, -0.1) is 0 Å². The van der Waals surface area contributed by atoms with Gasteiger partial charge in [0.2, 0.25) is 0 Å². The molecule has 2 heterocycles. The summed E-state index contributed by atoms with van der Waals surface area (Å²) in [6, 6.07) is 13.4. The topological polar surface area (TPSA) is 66.9 Å². The molecule has 0 aliphatic carbocycles. The summed E-state index contributed by atoms with van der Waals surface area (Å²) in [4.78, 5) is 20.5. The van der Waals surface area contributed by atoms with E-state index in [4.69, 9.17) is 0 Å². The fourth-order valence-electron chi connectivity index (χ4n) is 2.57. The summed E-state index contributed by atoms with van der Waals surface area (Å²) in [6.07, 6.45) is 5.75. The van der Waals surface area contributed by atoms with Crippen LogP contribution >= 0.6 is 0 Å². The van der Waals surface area contributed by atoms with Crippen molar-refractivity contribution in [1.82, 2.24) is 9.97 Å². The predicted molar refractivity (Wildman–Crippen MR) is 100 cm³/mol. The summed E-state index contributed by atoms with van der Waals surface area (Å²) in [5.74, 6) is 0.533. The maximum atomic E-state index is 12.1. The Kier molecular flexibility index (Phi) is 5.04. The van der Waals surface area contributed by atoms with Crippen LogP contribution in [-0.2, 0) is 6.42 Å². The molecular weight excluding hydrogens is 312 g/mol. The number of hydrogen-bond donors (Lipinski definition) is 2. The monoisotopic (exact) mass is 332 g/mol. The third kappa shape index (κ3) is 4.01. The number of aromatic nitrogens is 2. The normalized spacial score (nSPS) is 10.3. The molecule has 0 saturated carbocycles. The summed E-state index contributed by atoms with van der Waals surface area (Å²) in [5.41, 5.74) is 4.66. The van der Waals surface area contributed by atoms with Crippen molar-refractivity contribution < 1.29 is 4.79 Å². The van der Waals surface area contributed by atoms with Gasteiger partial charge in [0.15, 0.2) is 0 Å². The van der Waals surface area contributed by atoms with Gasteiger partial charge in [0.05, 0.1) is 17.4 Å². The lowest BCUT2D eigenvalue weighted by atomic mass is 10.1. The molecule has 0 spiro atoms. The molecule has 5 heteroatoms. The van der Waals surface area contributed by atoms with Crippen molar-refractivity contribution in [3.63, 3.8) is 0 Å². The quantitative estimate of drug-likeness (QED) is 0.729. The molecule has 3 rings (SSSR count). The van der Waals surface area contributed by atoms with Crippen molar-refractivity contribution in [3.8, 4) is 0 Å². The fourth-order valence-corrected chi connectivity index (χ4v) is 2.57. The van der Waals surface area contributed by atoms with E-state index in [1.54, 1.807) is 24.5 Å². The molecule has 0 bridgehead atoms. The molecule has 0 unspecified atom stereocenters. The number of benzene rings is 1. The standard InChI is InChI=1S/C20H20N4O/c1-3-15-7-4-6-14(2)19(15)24-18-10-9-17(13-22-18)23-20(25)16-8-5-11-21-12-16/h4-13H,3H2,1-2H3,(H,22,24)(H,23,25). The van der Waals surface area contributed by atoms with Gasteiger partial charge >= 0.3 is 0 Å². The van der Waals surface area contributed by atoms with E-state index in [1.807, 2.05) is 12.1 Å². The number of nitrogens with one attached hydrogen (secondary N) is 2. The Bertz CT molecular complexity index is 861. The summed E-state index contributed by atoms with van der Waals surface area (Å²) >= 11 is 0. The molecular formula is C20H20N4O. The van der Waals surface area contributed by atoms with Gasteiger partial charge in [-0.2, -0.15) is 0 Å². The molecule has 2 N–H and O–H groups in total. The Labute approximate surface area is 147 Å². The smallest absolute Gasteiger partial charge is 0.257 e. The van der Waals surface area contributed by atoms with Crippen LogP contribution in [0, 0.1) is 6.92 Å². The number of carbonyl (C=O) groups excluding carboxylic acids is 1. The van der Waals surface area contributed by atoms with Crippen LogP contribution in [0.5, 0.6) is 0 Å². The van der Waals surface area contributed by atoms with Gasteiger partial charge in [0.25, 0.3) is 5.91 Å². The SMILES string of the molecule is CCc1cccc(C)c1Nc1ccc(NC(=O)c2cccnc2)cn1. The average molecular weight is 332 g/mol. The number of amides is 1. The first-order valence-corrected chi connectivity index (χ1v) is 8.20. The van der Waals surface area contributed by atoms with E-state index in [2.05, 4.69) is 52.6 Å². The zero-order valence-corrected chi connectivity index (χ0v) is 14.3. The minimum Gasteiger partial charge on any atom is -0.340 e. The lowest BCUT2D eigenvalue weighted by molar-refractivity contribution is 0.102. The first-order chi connectivity index (χ1) is 12.2. The summed E-state index contributed by atoms with van der Waals surface area (Å²) in [5, 5.41) is 6.18. The van der Waals surface area contributed by atoms with Crippen molar-refractivity contribution in [2.75, 3.05) is 10.6 Å². The molecule has 0 radical (unpaired) electrons. The number of hydrogen-bond acceptors (Lipinski definition) is 4. The molecule has 126 valence electrons. The molecule has 0 atom stereocenters. The van der Waals surface area contributed by atoms with Gasteiger partial charge in [-0.3, -0.25) is 9.78 Å². The molecule has 0 aliphatic heterocycles. The first-order valence-electron chi connectivity index (χ1n) is 8.20. The molecule has 0 fully saturated rings. The zero-order valence-electron chi connectivity index (χ0n) is 14.3. The summed E-state index contributed by atoms with van der Waals surface area (Å²) in [6.45, 7) is 4.20. The Morgan fingerprint density at radius 1 is 1.08 bits per heavy atom. The highest BCUT2D eigenvalue weighted by molar-refractivity contribution is 6.03. The predicted octanol–water partition coefficient (Wildman–Crippen LogP) is 4.34. The Balaban J connectivity index is 1.72. The molecule has 5 nitrogen and oxygen atoms in total. The minimum atomic E-state index is -0.206. The zero-order chi connectivity index (χ0) is 17.6. The van der Waals surface area contributed by atoms with E-state index in [1.165, 1.54) is 17.3 Å². The van der Waals surface area contributed by atoms with Gasteiger partial charge in [-0.1, -0.05) is 25.1 Å². The summed E-state index contributed by atoms with van der Waals surface area (Å²) in [7, 11) is 0. The van der Waals surface area contributed by atoms with Crippen LogP contribution in [0.4, 0.5) is 17.2 Å². The van der Waals surface area contributed by atoms with Crippen LogP contribution in [0.3, 0.4) is 0 Å². The second kappa shape index (κ2) is 7.57. The van der Waals surface area contributed by atoms with Crippen molar-refractivity contribution >= 4 is 23.1 Å². The van der Waals surface area contributed by atoms with Crippen molar-refractivity contribution in [2.45, 2.75) is 20.3 Å². The van der Waals surface area contributed by atoms with E-state index in [-0.39, 0.29) is 5.91 Å². The highest BCUT2D eigenvalue weighted by Gasteiger charge is 2.08. The third-order valence-electron chi connectivity index (χ3n) is 3.94. The molecule has 1 aromatic carbocycles. The highest BCUT2D eigenvalue weighted by Crippen LogP contribution is 2.25. The van der Waals surface area contributed by atoms with Crippen molar-refractivity contribution in [3.05, 3.63) is 77.7 Å². The van der Waals surface area contributed by atoms with Gasteiger partial charge < -0.3 is 10.6 Å². The maximum Gasteiger partial charge on any atom is 0.257 e. The van der Waals surface area contributed by atoms with Crippen LogP contribution in [0.25, 0.3) is 0 Å². The van der Waals surface area contributed by atoms with Crippen LogP contribution in [0.15, 0.2) is 61.1 Å². The molecule has 1 amide bonds. The van der Waals surface area contributed by atoms with E-state index in [0.29, 0.717) is 11.3 Å². The highest BCUT2D eigenvalue weighted by atomic mass is 16.1. The van der Waals surface area contributed by atoms with E-state index >= 15 is 0 Å². The fraction of sp³-hybridized carbons (Fsp3) is 0.150. The Hall–Kier alpha value is -3.21. The Morgan fingerprint density at radius 2 is 1.96 bits per heavy atom. The Morgan fingerprint density at radius 3 is 2.64 bits per heavy atom. The number of carbonyl (C=O) groups is 1. The maximum absolute atomic E-state index is 12.1. The van der Waals surface area contributed by atoms with Gasteiger partial charge in [0, 0.05) is 18.1 Å². The minimum absolute atomic E-state index is 0.206. The lowest BCUT2D eigenvalue weighted by Gasteiger charge is -2.13. The lowest BCUT2D eigenvalue weighted by Crippen LogP contribution is -2.12. The average Bonchev–Trinajstić information content (AvgIpc) is 2.65. The van der Waals surface area contributed by atoms with Gasteiger partial charge in [-0.25, -0.2) is 4.98 Å². The largest absolute Gasteiger partial charge is 0.340 e. The number of para-hydroxylation sites is 1. The van der Waals surface area contributed by atoms with E-state index in [9.17, 15) is 4.79 Å². The second-order valence-electron chi connectivity index (χ2n) is 5.72. The second-order valence-corrected chi connectivity index (χ2v) is 5.72. The molecule has 3 aromatic rings. The number of rotatable bonds is 5. The van der Waals surface area contributed by atoms with Crippen molar-refractivity contribution in [2.24, 2.45) is 0 Å². The van der Waals surface area contributed by atoms with Gasteiger partial charge in [-0.05, 0) is 48.7 Å². The van der Waals surface area contributed by atoms with Crippen LogP contribution in [-0.4, -0.2) is 15.9 Å². The van der Waals surface area contributed by atoms with Crippen LogP contribution in [0.2, 0.25) is 0 Å². The van der Waals surface area contributed by atoms with Gasteiger partial charge in [0.1, 0.15) is 5.82 Å².